The Kier molecular flexibility index (Phi) is 4.15. The molecule has 0 spiro atoms. The van der Waals surface area contributed by atoms with Gasteiger partial charge in [0.15, 0.2) is 0 Å². The molecular formula is C20H18N4O2. The van der Waals surface area contributed by atoms with Crippen LogP contribution in [-0.4, -0.2) is 28.5 Å². The lowest BCUT2D eigenvalue weighted by atomic mass is 10.0. The molecule has 26 heavy (non-hydrogen) atoms. The quantitative estimate of drug-likeness (QED) is 0.787. The van der Waals surface area contributed by atoms with Gasteiger partial charge in [0, 0.05) is 42.7 Å². The maximum Gasteiger partial charge on any atom is 0.266 e. The van der Waals surface area contributed by atoms with Crippen molar-refractivity contribution in [3.05, 3.63) is 69.1 Å². The molecule has 0 saturated heterocycles. The monoisotopic (exact) mass is 346 g/mol. The van der Waals surface area contributed by atoms with Gasteiger partial charge in [-0.1, -0.05) is 18.2 Å². The molecule has 0 bridgehead atoms. The Bertz CT molecular complexity index is 1080. The summed E-state index contributed by atoms with van der Waals surface area (Å²) in [5.74, 6) is 0.633. The number of benzene rings is 1. The number of ether oxygens (including phenoxy) is 1. The summed E-state index contributed by atoms with van der Waals surface area (Å²) in [5, 5.41) is 10.2. The molecule has 0 atom stereocenters. The lowest BCUT2D eigenvalue weighted by molar-refractivity contribution is 0.238. The van der Waals surface area contributed by atoms with Gasteiger partial charge in [-0.25, -0.2) is 4.98 Å². The minimum absolute atomic E-state index is 0.163. The maximum atomic E-state index is 11.8. The summed E-state index contributed by atoms with van der Waals surface area (Å²) in [4.78, 5) is 21.5. The Balaban J connectivity index is 1.63. The average molecular weight is 346 g/mol. The molecule has 1 aliphatic rings. The van der Waals surface area contributed by atoms with Crippen LogP contribution >= 0.6 is 0 Å². The van der Waals surface area contributed by atoms with E-state index >= 15 is 0 Å². The second kappa shape index (κ2) is 6.62. The largest absolute Gasteiger partial charge is 0.481 e. The fourth-order valence-corrected chi connectivity index (χ4v) is 3.46. The van der Waals surface area contributed by atoms with E-state index < -0.39 is 0 Å². The van der Waals surface area contributed by atoms with Crippen LogP contribution in [0.5, 0.6) is 5.88 Å². The first kappa shape index (κ1) is 16.3. The van der Waals surface area contributed by atoms with Crippen molar-refractivity contribution in [2.45, 2.75) is 19.5 Å². The third kappa shape index (κ3) is 2.93. The lowest BCUT2D eigenvalue weighted by Crippen LogP contribution is -2.32. The van der Waals surface area contributed by atoms with Crippen LogP contribution in [0.2, 0.25) is 0 Å². The predicted molar refractivity (Wildman–Crippen MR) is 97.9 cm³/mol. The van der Waals surface area contributed by atoms with Crippen LogP contribution in [-0.2, 0) is 19.5 Å². The molecule has 130 valence electrons. The summed E-state index contributed by atoms with van der Waals surface area (Å²) >= 11 is 0. The highest BCUT2D eigenvalue weighted by Crippen LogP contribution is 2.25. The molecule has 0 aliphatic carbocycles. The number of nitrogens with zero attached hydrogens (tertiary/aromatic N) is 3. The number of aromatic nitrogens is 2. The standard InChI is InChI=1S/C20H18N4O2/c1-26-20-16(8-13-4-2-3-5-17(13)23-20)12-24-7-6-18-15(11-24)9-14(10-21)19(25)22-18/h2-5,8-9H,6-7,11-12H2,1H3,(H,22,25). The van der Waals surface area contributed by atoms with Crippen molar-refractivity contribution in [3.63, 3.8) is 0 Å². The second-order valence-corrected chi connectivity index (χ2v) is 6.44. The highest BCUT2D eigenvalue weighted by molar-refractivity contribution is 5.80. The third-order valence-corrected chi connectivity index (χ3v) is 4.76. The van der Waals surface area contributed by atoms with Gasteiger partial charge in [0.25, 0.3) is 5.56 Å². The number of nitriles is 1. The van der Waals surface area contributed by atoms with Crippen molar-refractivity contribution in [2.75, 3.05) is 13.7 Å². The second-order valence-electron chi connectivity index (χ2n) is 6.44. The van der Waals surface area contributed by atoms with E-state index in [1.165, 1.54) is 0 Å². The predicted octanol–water partition coefficient (Wildman–Crippen LogP) is 2.36. The molecule has 1 aromatic carbocycles. The molecule has 0 amide bonds. The number of H-pyrrole nitrogens is 1. The minimum atomic E-state index is -0.305. The van der Waals surface area contributed by atoms with Gasteiger partial charge in [-0.15, -0.1) is 0 Å². The summed E-state index contributed by atoms with van der Waals surface area (Å²) in [7, 11) is 1.63. The molecule has 0 radical (unpaired) electrons. The normalized spacial score (nSPS) is 14.0. The van der Waals surface area contributed by atoms with Crippen LogP contribution in [0.25, 0.3) is 10.9 Å². The van der Waals surface area contributed by atoms with E-state index in [1.54, 1.807) is 13.2 Å². The zero-order chi connectivity index (χ0) is 18.1. The lowest BCUT2D eigenvalue weighted by Gasteiger charge is -2.28. The Morgan fingerprint density at radius 1 is 1.35 bits per heavy atom. The molecule has 4 rings (SSSR count). The van der Waals surface area contributed by atoms with E-state index in [2.05, 4.69) is 20.9 Å². The first-order valence-corrected chi connectivity index (χ1v) is 8.48. The highest BCUT2D eigenvalue weighted by Gasteiger charge is 2.20. The van der Waals surface area contributed by atoms with Gasteiger partial charge in [0.1, 0.15) is 11.6 Å². The summed E-state index contributed by atoms with van der Waals surface area (Å²) in [6.45, 7) is 2.20. The van der Waals surface area contributed by atoms with Crippen LogP contribution in [0.4, 0.5) is 0 Å². The number of pyridine rings is 2. The molecule has 6 heteroatoms. The zero-order valence-corrected chi connectivity index (χ0v) is 14.5. The number of rotatable bonds is 3. The van der Waals surface area contributed by atoms with Gasteiger partial charge in [0.2, 0.25) is 5.88 Å². The fraction of sp³-hybridized carbons (Fsp3) is 0.250. The van der Waals surface area contributed by atoms with Crippen LogP contribution in [0, 0.1) is 11.3 Å². The minimum Gasteiger partial charge on any atom is -0.481 e. The Hall–Kier alpha value is -3.17. The Morgan fingerprint density at radius 2 is 2.19 bits per heavy atom. The van der Waals surface area contributed by atoms with Crippen molar-refractivity contribution < 1.29 is 4.74 Å². The van der Waals surface area contributed by atoms with Crippen LogP contribution < -0.4 is 10.3 Å². The number of fused-ring (bicyclic) bond motifs is 2. The van der Waals surface area contributed by atoms with Crippen molar-refractivity contribution in [1.82, 2.24) is 14.9 Å². The first-order chi connectivity index (χ1) is 12.7. The van der Waals surface area contributed by atoms with Crippen molar-refractivity contribution in [1.29, 1.82) is 5.26 Å². The third-order valence-electron chi connectivity index (χ3n) is 4.76. The van der Waals surface area contributed by atoms with Gasteiger partial charge >= 0.3 is 0 Å². The van der Waals surface area contributed by atoms with E-state index in [-0.39, 0.29) is 11.1 Å². The SMILES string of the molecule is COc1nc2ccccc2cc1CN1CCc2[nH]c(=O)c(C#N)cc2C1. The first-order valence-electron chi connectivity index (χ1n) is 8.48. The molecule has 6 nitrogen and oxygen atoms in total. The number of aromatic amines is 1. The van der Waals surface area contributed by atoms with E-state index in [9.17, 15) is 4.79 Å². The number of nitrogens with one attached hydrogen (secondary N) is 1. The molecule has 2 aromatic heterocycles. The molecule has 3 aromatic rings. The molecule has 0 saturated carbocycles. The number of hydrogen-bond acceptors (Lipinski definition) is 5. The molecular weight excluding hydrogens is 328 g/mol. The smallest absolute Gasteiger partial charge is 0.266 e. The van der Waals surface area contributed by atoms with Gasteiger partial charge < -0.3 is 9.72 Å². The topological polar surface area (TPSA) is 82.0 Å². The van der Waals surface area contributed by atoms with Crippen molar-refractivity contribution >= 4 is 10.9 Å². The van der Waals surface area contributed by atoms with Gasteiger partial charge in [-0.05, 0) is 23.8 Å². The van der Waals surface area contributed by atoms with Crippen molar-refractivity contribution in [3.8, 4) is 11.9 Å². The summed E-state index contributed by atoms with van der Waals surface area (Å²) < 4.78 is 5.49. The van der Waals surface area contributed by atoms with E-state index in [1.807, 2.05) is 30.3 Å². The van der Waals surface area contributed by atoms with E-state index in [4.69, 9.17) is 10.00 Å². The van der Waals surface area contributed by atoms with Crippen molar-refractivity contribution in [2.24, 2.45) is 0 Å². The van der Waals surface area contributed by atoms with Crippen LogP contribution in [0.15, 0.2) is 41.2 Å². The molecule has 0 unspecified atom stereocenters. The van der Waals surface area contributed by atoms with Crippen LogP contribution in [0.1, 0.15) is 22.4 Å². The summed E-state index contributed by atoms with van der Waals surface area (Å²) in [6, 6.07) is 13.7. The Morgan fingerprint density at radius 3 is 3.00 bits per heavy atom. The highest BCUT2D eigenvalue weighted by atomic mass is 16.5. The zero-order valence-electron chi connectivity index (χ0n) is 14.5. The van der Waals surface area contributed by atoms with E-state index in [0.29, 0.717) is 19.0 Å². The van der Waals surface area contributed by atoms with Crippen LogP contribution in [0.3, 0.4) is 0 Å². The number of methoxy groups -OCH3 is 1. The summed E-state index contributed by atoms with van der Waals surface area (Å²) in [5.41, 5.74) is 3.72. The van der Waals surface area contributed by atoms with Gasteiger partial charge in [0.05, 0.1) is 12.6 Å². The van der Waals surface area contributed by atoms with Gasteiger partial charge in [-0.2, -0.15) is 5.26 Å². The molecule has 0 fully saturated rings. The van der Waals surface area contributed by atoms with E-state index in [0.717, 1.165) is 40.7 Å². The average Bonchev–Trinajstić information content (AvgIpc) is 2.67. The van der Waals surface area contributed by atoms with Gasteiger partial charge in [-0.3, -0.25) is 9.69 Å². The maximum absolute atomic E-state index is 11.8. The molecule has 1 aliphatic heterocycles. The Labute approximate surface area is 150 Å². The summed E-state index contributed by atoms with van der Waals surface area (Å²) in [6.07, 6.45) is 0.750. The number of hydrogen-bond donors (Lipinski definition) is 1. The molecule has 3 heterocycles. The number of para-hydroxylation sites is 1. The molecule has 1 N–H and O–H groups in total. The fourth-order valence-electron chi connectivity index (χ4n) is 3.46.